The van der Waals surface area contributed by atoms with E-state index in [4.69, 9.17) is 4.98 Å². The minimum Gasteiger partial charge on any atom is -0.330 e. The number of carbonyl (C=O) groups excluding carboxylic acids is 1. The highest BCUT2D eigenvalue weighted by molar-refractivity contribution is 7.89. The molecule has 2 aromatic heterocycles. The van der Waals surface area contributed by atoms with Gasteiger partial charge in [-0.1, -0.05) is 32.4 Å². The number of para-hydroxylation sites is 1. The summed E-state index contributed by atoms with van der Waals surface area (Å²) in [5.41, 5.74) is 3.71. The van der Waals surface area contributed by atoms with Crippen LogP contribution in [0.5, 0.6) is 0 Å². The highest BCUT2D eigenvalue weighted by atomic mass is 32.2. The van der Waals surface area contributed by atoms with E-state index in [0.717, 1.165) is 64.7 Å². The van der Waals surface area contributed by atoms with E-state index in [1.807, 2.05) is 32.0 Å². The molecular weight excluding hydrogens is 549 g/mol. The molecule has 1 atom stereocenters. The Bertz CT molecular complexity index is 1540. The molecule has 39 heavy (non-hydrogen) atoms. The summed E-state index contributed by atoms with van der Waals surface area (Å²) < 4.78 is 28.8. The van der Waals surface area contributed by atoms with E-state index in [1.54, 1.807) is 34.8 Å². The number of benzene rings is 2. The molecule has 0 fully saturated rings. The summed E-state index contributed by atoms with van der Waals surface area (Å²) in [6.07, 6.45) is 2.69. The quantitative estimate of drug-likeness (QED) is 0.274. The van der Waals surface area contributed by atoms with E-state index in [0.29, 0.717) is 18.7 Å². The van der Waals surface area contributed by atoms with Gasteiger partial charge in [0.1, 0.15) is 16.6 Å². The lowest BCUT2D eigenvalue weighted by Gasteiger charge is -2.22. The smallest absolute Gasteiger partial charge is 0.256 e. The second kappa shape index (κ2) is 11.9. The van der Waals surface area contributed by atoms with Gasteiger partial charge in [0.2, 0.25) is 10.0 Å². The van der Waals surface area contributed by atoms with Crippen LogP contribution in [0.1, 0.15) is 54.4 Å². The molecule has 2 aromatic carbocycles. The first-order valence-corrected chi connectivity index (χ1v) is 16.7. The van der Waals surface area contributed by atoms with Gasteiger partial charge in [0.15, 0.2) is 0 Å². The molecule has 3 heterocycles. The molecular formula is C29H35N4O3S3+. The minimum atomic E-state index is -3.60. The molecule has 1 amide bonds. The molecule has 7 nitrogen and oxygen atoms in total. The molecule has 4 aromatic rings. The monoisotopic (exact) mass is 583 g/mol. The summed E-state index contributed by atoms with van der Waals surface area (Å²) in [4.78, 5) is 21.4. The van der Waals surface area contributed by atoms with Crippen molar-refractivity contribution >= 4 is 53.8 Å². The van der Waals surface area contributed by atoms with Crippen LogP contribution < -0.4 is 10.2 Å². The number of thiophene rings is 1. The van der Waals surface area contributed by atoms with Crippen molar-refractivity contribution in [2.45, 2.75) is 51.5 Å². The van der Waals surface area contributed by atoms with Gasteiger partial charge in [0, 0.05) is 30.6 Å². The van der Waals surface area contributed by atoms with E-state index in [-0.39, 0.29) is 10.8 Å². The van der Waals surface area contributed by atoms with E-state index in [2.05, 4.69) is 18.3 Å². The molecule has 0 aliphatic carbocycles. The van der Waals surface area contributed by atoms with Crippen molar-refractivity contribution in [1.29, 1.82) is 0 Å². The van der Waals surface area contributed by atoms with E-state index >= 15 is 0 Å². The Labute approximate surface area is 238 Å². The molecule has 1 unspecified atom stereocenters. The van der Waals surface area contributed by atoms with E-state index in [9.17, 15) is 13.2 Å². The van der Waals surface area contributed by atoms with Gasteiger partial charge in [-0.25, -0.2) is 13.4 Å². The highest BCUT2D eigenvalue weighted by Gasteiger charge is 2.29. The molecule has 2 N–H and O–H groups in total. The molecule has 10 heteroatoms. The van der Waals surface area contributed by atoms with Crippen molar-refractivity contribution in [3.63, 3.8) is 0 Å². The number of carbonyl (C=O) groups is 1. The van der Waals surface area contributed by atoms with Gasteiger partial charge in [0.05, 0.1) is 33.1 Å². The Morgan fingerprint density at radius 2 is 1.85 bits per heavy atom. The maximum atomic E-state index is 13.4. The van der Waals surface area contributed by atoms with Crippen LogP contribution in [0.15, 0.2) is 53.4 Å². The van der Waals surface area contributed by atoms with Crippen LogP contribution in [0.3, 0.4) is 0 Å². The number of hydrogen-bond acceptors (Lipinski definition) is 6. The largest absolute Gasteiger partial charge is 0.330 e. The maximum Gasteiger partial charge on any atom is 0.256 e. The molecule has 0 bridgehead atoms. The van der Waals surface area contributed by atoms with E-state index < -0.39 is 10.0 Å². The summed E-state index contributed by atoms with van der Waals surface area (Å²) in [7, 11) is -3.60. The second-order valence-electron chi connectivity index (χ2n) is 9.80. The Kier molecular flexibility index (Phi) is 8.49. The minimum absolute atomic E-state index is 0.210. The van der Waals surface area contributed by atoms with Crippen LogP contribution >= 0.6 is 22.7 Å². The van der Waals surface area contributed by atoms with Crippen LogP contribution in [-0.4, -0.2) is 49.8 Å². The van der Waals surface area contributed by atoms with Crippen molar-refractivity contribution < 1.29 is 18.1 Å². The van der Waals surface area contributed by atoms with Crippen molar-refractivity contribution in [2.24, 2.45) is 0 Å². The van der Waals surface area contributed by atoms with Crippen molar-refractivity contribution in [3.05, 3.63) is 64.5 Å². The fourth-order valence-corrected chi connectivity index (χ4v) is 8.93. The zero-order valence-corrected chi connectivity index (χ0v) is 25.1. The molecule has 0 radical (unpaired) electrons. The molecule has 1 aliphatic rings. The van der Waals surface area contributed by atoms with Gasteiger partial charge in [-0.2, -0.15) is 4.31 Å². The van der Waals surface area contributed by atoms with Crippen LogP contribution in [0.25, 0.3) is 20.8 Å². The first kappa shape index (κ1) is 27.9. The van der Waals surface area contributed by atoms with Gasteiger partial charge >= 0.3 is 0 Å². The van der Waals surface area contributed by atoms with Crippen molar-refractivity contribution in [3.8, 4) is 10.6 Å². The molecule has 0 saturated heterocycles. The summed E-state index contributed by atoms with van der Waals surface area (Å²) >= 11 is 3.29. The zero-order chi connectivity index (χ0) is 27.6. The maximum absolute atomic E-state index is 13.4. The Balaban J connectivity index is 1.44. The standard InChI is InChI=1S/C29H34N4O3S3/c1-4-7-17-33(6-3)39(35,36)21-14-12-20(13-15-21)27(34)31-29-26(22-16-18-32(5-2)19-25(22)38-29)28-30-23-10-8-9-11-24(23)37-28/h8-15H,4-7,16-19H2,1-3H3,(H,31,34)/p+1. The van der Waals surface area contributed by atoms with E-state index in [1.165, 1.54) is 31.8 Å². The second-order valence-corrected chi connectivity index (χ2v) is 13.9. The normalized spacial score (nSPS) is 15.5. The fraction of sp³-hybridized carbons (Fsp3) is 0.379. The SMILES string of the molecule is CCCCN(CC)S(=O)(=O)c1ccc(C(=O)Nc2sc3c(c2-c2nc4ccccc4s2)CC[NH+](CC)C3)cc1. The fourth-order valence-electron chi connectivity index (χ4n) is 5.02. The summed E-state index contributed by atoms with van der Waals surface area (Å²) in [6, 6.07) is 14.4. The molecule has 0 saturated carbocycles. The van der Waals surface area contributed by atoms with Gasteiger partial charge in [-0.15, -0.1) is 22.7 Å². The lowest BCUT2D eigenvalue weighted by Crippen LogP contribution is -3.11. The van der Waals surface area contributed by atoms with Crippen molar-refractivity contribution in [2.75, 3.05) is 31.5 Å². The topological polar surface area (TPSA) is 83.8 Å². The number of thiazole rings is 1. The predicted octanol–water partition coefficient (Wildman–Crippen LogP) is 5.05. The molecule has 206 valence electrons. The van der Waals surface area contributed by atoms with Crippen molar-refractivity contribution in [1.82, 2.24) is 9.29 Å². The molecule has 1 aliphatic heterocycles. The lowest BCUT2D eigenvalue weighted by molar-refractivity contribution is -0.913. The average Bonchev–Trinajstić information content (AvgIpc) is 3.53. The van der Waals surface area contributed by atoms with Gasteiger partial charge in [0.25, 0.3) is 5.91 Å². The number of hydrogen-bond donors (Lipinski definition) is 2. The number of nitrogens with zero attached hydrogens (tertiary/aromatic N) is 2. The van der Waals surface area contributed by atoms with Crippen LogP contribution in [0.2, 0.25) is 0 Å². The summed E-state index contributed by atoms with van der Waals surface area (Å²) in [5.74, 6) is -0.252. The van der Waals surface area contributed by atoms with Gasteiger partial charge < -0.3 is 10.2 Å². The number of quaternary nitrogens is 1. The highest BCUT2D eigenvalue weighted by Crippen LogP contribution is 2.44. The number of amides is 1. The van der Waals surface area contributed by atoms with Gasteiger partial charge in [-0.3, -0.25) is 4.79 Å². The third-order valence-corrected chi connectivity index (χ3v) is 11.5. The number of sulfonamides is 1. The first-order chi connectivity index (χ1) is 18.8. The predicted molar refractivity (Wildman–Crippen MR) is 160 cm³/mol. The Morgan fingerprint density at radius 3 is 2.54 bits per heavy atom. The van der Waals surface area contributed by atoms with Crippen LogP contribution in [0.4, 0.5) is 5.00 Å². The third kappa shape index (κ3) is 5.67. The zero-order valence-electron chi connectivity index (χ0n) is 22.6. The summed E-state index contributed by atoms with van der Waals surface area (Å²) in [6.45, 7) is 10.1. The number of aromatic nitrogens is 1. The number of rotatable bonds is 10. The van der Waals surface area contributed by atoms with Gasteiger partial charge in [-0.05, 0) is 55.3 Å². The molecule has 0 spiro atoms. The first-order valence-electron chi connectivity index (χ1n) is 13.6. The van der Waals surface area contributed by atoms with Crippen LogP contribution in [-0.2, 0) is 23.0 Å². The number of fused-ring (bicyclic) bond motifs is 2. The third-order valence-electron chi connectivity index (χ3n) is 7.33. The number of nitrogens with one attached hydrogen (secondary N) is 2. The number of anilines is 1. The lowest BCUT2D eigenvalue weighted by atomic mass is 10.0. The number of likely N-dealkylation sites (N-methyl/N-ethyl adjacent to an activating group) is 1. The average molecular weight is 584 g/mol. The molecule has 5 rings (SSSR count). The Morgan fingerprint density at radius 1 is 1.08 bits per heavy atom. The Hall–Kier alpha value is -2.63. The van der Waals surface area contributed by atoms with Crippen LogP contribution in [0, 0.1) is 0 Å². The number of unbranched alkanes of at least 4 members (excludes halogenated alkanes) is 1. The summed E-state index contributed by atoms with van der Waals surface area (Å²) in [5, 5.41) is 4.90.